The van der Waals surface area contributed by atoms with E-state index in [-0.39, 0.29) is 0 Å². The van der Waals surface area contributed by atoms with Crippen molar-refractivity contribution in [1.82, 2.24) is 0 Å². The summed E-state index contributed by atoms with van der Waals surface area (Å²) in [5, 5.41) is 0. The first-order valence-electron chi connectivity index (χ1n) is 2.56. The van der Waals surface area contributed by atoms with Crippen LogP contribution in [0.15, 0.2) is 0 Å². The monoisotopic (exact) mass is 105 g/mol. The summed E-state index contributed by atoms with van der Waals surface area (Å²) in [6.45, 7) is 5.20. The van der Waals surface area contributed by atoms with Gasteiger partial charge in [-0.25, -0.2) is 0 Å². The highest BCUT2D eigenvalue weighted by atomic mass is 13.7. The average molecular weight is 105 g/mol. The fraction of sp³-hybridized carbons (Fsp3) is 0.375. The van der Waals surface area contributed by atoms with Gasteiger partial charge < -0.3 is 0 Å². The van der Waals surface area contributed by atoms with Crippen LogP contribution in [0.3, 0.4) is 0 Å². The third-order valence-electron chi connectivity index (χ3n) is 0.677. The molecule has 0 aromatic rings. The van der Waals surface area contributed by atoms with Crippen molar-refractivity contribution in [2.24, 2.45) is 0 Å². The molecular formula is C8H9. The summed E-state index contributed by atoms with van der Waals surface area (Å²) in [5.41, 5.74) is 0. The maximum atomic E-state index is 3.37. The number of hydrogen-bond acceptors (Lipinski definition) is 0. The summed E-state index contributed by atoms with van der Waals surface area (Å²) in [6.07, 6.45) is 1.73. The Bertz CT molecular complexity index is 124. The van der Waals surface area contributed by atoms with Crippen LogP contribution < -0.4 is 0 Å². The van der Waals surface area contributed by atoms with Crippen LogP contribution in [0.2, 0.25) is 0 Å². The first kappa shape index (κ1) is 7.12. The molecule has 0 heterocycles. The fourth-order valence-electron chi connectivity index (χ4n) is 0.338. The maximum absolute atomic E-state index is 3.37. The standard InChI is InChI=1S/C8H9/c1-3-5-7-8-6-4-2/h1,7-8H2,2H3. The molecule has 0 aliphatic heterocycles. The Hall–Kier alpha value is -0.880. The van der Waals surface area contributed by atoms with Gasteiger partial charge in [-0.2, -0.15) is 0 Å². The summed E-state index contributed by atoms with van der Waals surface area (Å²) in [7, 11) is 0. The third-order valence-corrected chi connectivity index (χ3v) is 0.677. The Balaban J connectivity index is 3.10. The van der Waals surface area contributed by atoms with Gasteiger partial charge in [0.05, 0.1) is 0 Å². The van der Waals surface area contributed by atoms with E-state index in [0.717, 1.165) is 12.8 Å². The topological polar surface area (TPSA) is 0 Å². The Morgan fingerprint density at radius 1 is 1.25 bits per heavy atom. The summed E-state index contributed by atoms with van der Waals surface area (Å²) in [4.78, 5) is 0. The van der Waals surface area contributed by atoms with Gasteiger partial charge in [0.15, 0.2) is 0 Å². The second-order valence-electron chi connectivity index (χ2n) is 1.28. The second kappa shape index (κ2) is 6.12. The molecule has 0 fully saturated rings. The lowest BCUT2D eigenvalue weighted by atomic mass is 10.3. The van der Waals surface area contributed by atoms with Gasteiger partial charge in [-0.1, -0.05) is 0 Å². The zero-order valence-electron chi connectivity index (χ0n) is 5.12. The zero-order valence-corrected chi connectivity index (χ0v) is 5.12. The third kappa shape index (κ3) is 5.12. The number of unbranched alkanes of at least 4 members (excludes halogenated alkanes) is 1. The molecule has 0 N–H and O–H groups in total. The van der Waals surface area contributed by atoms with Gasteiger partial charge >= 0.3 is 0 Å². The normalized spacial score (nSPS) is 5.75. The van der Waals surface area contributed by atoms with Crippen LogP contribution >= 0.6 is 0 Å². The van der Waals surface area contributed by atoms with Crippen LogP contribution in [0.1, 0.15) is 19.8 Å². The van der Waals surface area contributed by atoms with Crippen LogP contribution in [0.4, 0.5) is 0 Å². The van der Waals surface area contributed by atoms with Crippen molar-refractivity contribution >= 4 is 0 Å². The summed E-state index contributed by atoms with van der Waals surface area (Å²) in [5.74, 6) is 11.1. The maximum Gasteiger partial charge on any atom is 0.0198 e. The lowest BCUT2D eigenvalue weighted by molar-refractivity contribution is 1.12. The van der Waals surface area contributed by atoms with Gasteiger partial charge in [0, 0.05) is 19.8 Å². The Labute approximate surface area is 51.3 Å². The van der Waals surface area contributed by atoms with Crippen molar-refractivity contribution in [2.45, 2.75) is 19.8 Å². The Morgan fingerprint density at radius 3 is 2.38 bits per heavy atom. The number of hydrogen-bond donors (Lipinski definition) is 0. The van der Waals surface area contributed by atoms with Crippen molar-refractivity contribution in [1.29, 1.82) is 0 Å². The Morgan fingerprint density at radius 2 is 1.88 bits per heavy atom. The van der Waals surface area contributed by atoms with Crippen LogP contribution in [0.25, 0.3) is 0 Å². The molecule has 0 heteroatoms. The molecule has 1 radical (unpaired) electrons. The molecule has 0 saturated heterocycles. The van der Waals surface area contributed by atoms with E-state index in [4.69, 9.17) is 0 Å². The van der Waals surface area contributed by atoms with E-state index in [1.165, 1.54) is 0 Å². The average Bonchev–Trinajstić information content (AvgIpc) is 1.81. The number of rotatable bonds is 1. The molecule has 41 valence electrons. The van der Waals surface area contributed by atoms with Crippen molar-refractivity contribution in [3.05, 3.63) is 6.92 Å². The SMILES string of the molecule is [CH2]C#CCCC#CC. The highest BCUT2D eigenvalue weighted by Crippen LogP contribution is 1.80. The van der Waals surface area contributed by atoms with E-state index in [1.807, 2.05) is 6.92 Å². The molecule has 0 amide bonds. The van der Waals surface area contributed by atoms with E-state index in [1.54, 1.807) is 0 Å². The molecule has 0 aromatic heterocycles. The first-order valence-corrected chi connectivity index (χ1v) is 2.56. The second-order valence-corrected chi connectivity index (χ2v) is 1.28. The molecule has 0 atom stereocenters. The predicted molar refractivity (Wildman–Crippen MR) is 35.8 cm³/mol. The molecule has 0 saturated carbocycles. The predicted octanol–water partition coefficient (Wildman–Crippen LogP) is 1.63. The lowest BCUT2D eigenvalue weighted by Crippen LogP contribution is -1.62. The van der Waals surface area contributed by atoms with Gasteiger partial charge in [-0.3, -0.25) is 0 Å². The van der Waals surface area contributed by atoms with Gasteiger partial charge in [0.25, 0.3) is 0 Å². The van der Waals surface area contributed by atoms with Crippen molar-refractivity contribution < 1.29 is 0 Å². The highest BCUT2D eigenvalue weighted by Gasteiger charge is 1.69. The zero-order chi connectivity index (χ0) is 6.24. The van der Waals surface area contributed by atoms with Gasteiger partial charge in [0.1, 0.15) is 0 Å². The van der Waals surface area contributed by atoms with E-state index < -0.39 is 0 Å². The molecule has 0 nitrogen and oxygen atoms in total. The van der Waals surface area contributed by atoms with E-state index >= 15 is 0 Å². The molecule has 0 aromatic carbocycles. The molecular weight excluding hydrogens is 96.1 g/mol. The largest absolute Gasteiger partial charge is 0.107 e. The summed E-state index contributed by atoms with van der Waals surface area (Å²) >= 11 is 0. The van der Waals surface area contributed by atoms with Crippen LogP contribution in [0.5, 0.6) is 0 Å². The molecule has 8 heavy (non-hydrogen) atoms. The fourth-order valence-corrected chi connectivity index (χ4v) is 0.338. The molecule has 0 rings (SSSR count). The van der Waals surface area contributed by atoms with Crippen LogP contribution in [-0.2, 0) is 0 Å². The highest BCUT2D eigenvalue weighted by molar-refractivity contribution is 5.05. The molecule has 0 aliphatic rings. The quantitative estimate of drug-likeness (QED) is 0.351. The molecule has 0 unspecified atom stereocenters. The minimum absolute atomic E-state index is 0.852. The lowest BCUT2D eigenvalue weighted by Gasteiger charge is -1.74. The molecule has 0 aliphatic carbocycles. The molecule has 0 spiro atoms. The van der Waals surface area contributed by atoms with E-state index in [2.05, 4.69) is 30.6 Å². The van der Waals surface area contributed by atoms with Crippen molar-refractivity contribution in [3.63, 3.8) is 0 Å². The summed E-state index contributed by atoms with van der Waals surface area (Å²) in [6, 6.07) is 0. The Kier molecular flexibility index (Phi) is 5.45. The minimum atomic E-state index is 0.852. The van der Waals surface area contributed by atoms with Gasteiger partial charge in [-0.05, 0) is 6.92 Å². The smallest absolute Gasteiger partial charge is 0.0198 e. The van der Waals surface area contributed by atoms with E-state index in [9.17, 15) is 0 Å². The van der Waals surface area contributed by atoms with Gasteiger partial charge in [0.2, 0.25) is 0 Å². The van der Waals surface area contributed by atoms with Crippen LogP contribution in [-0.4, -0.2) is 0 Å². The van der Waals surface area contributed by atoms with Crippen molar-refractivity contribution in [2.75, 3.05) is 0 Å². The van der Waals surface area contributed by atoms with E-state index in [0.29, 0.717) is 0 Å². The minimum Gasteiger partial charge on any atom is -0.107 e. The van der Waals surface area contributed by atoms with Crippen LogP contribution in [0, 0.1) is 30.6 Å². The summed E-state index contributed by atoms with van der Waals surface area (Å²) < 4.78 is 0. The molecule has 0 bridgehead atoms. The van der Waals surface area contributed by atoms with Crippen molar-refractivity contribution in [3.8, 4) is 23.7 Å². The van der Waals surface area contributed by atoms with Gasteiger partial charge in [-0.15, -0.1) is 23.7 Å². The first-order chi connectivity index (χ1) is 3.91.